The predicted molar refractivity (Wildman–Crippen MR) is 416 cm³/mol. The molecular weight excluding hydrogens is 1420 g/mol. The number of nitrogens with zero attached hydrogens (tertiary/aromatic N) is 11. The van der Waals surface area contributed by atoms with E-state index in [0.717, 1.165) is 53.7 Å². The van der Waals surface area contributed by atoms with Crippen molar-refractivity contribution in [1.82, 2.24) is 28.7 Å². The van der Waals surface area contributed by atoms with Gasteiger partial charge in [-0.15, -0.1) is 0 Å². The first kappa shape index (κ1) is 119. The molecule has 3 aliphatic rings. The normalized spacial score (nSPS) is 12.3. The van der Waals surface area contributed by atoms with Crippen LogP contribution < -0.4 is 16.7 Å². The van der Waals surface area contributed by atoms with Crippen molar-refractivity contribution in [3.8, 4) is 0 Å². The molecule has 3 aliphatic carbocycles. The van der Waals surface area contributed by atoms with E-state index < -0.39 is 15.8 Å². The van der Waals surface area contributed by atoms with E-state index in [9.17, 15) is 0 Å². The van der Waals surface area contributed by atoms with Crippen LogP contribution in [0.1, 0.15) is 308 Å². The third kappa shape index (κ3) is 58.2. The van der Waals surface area contributed by atoms with E-state index in [4.69, 9.17) is 42.0 Å². The maximum atomic E-state index is 7.44. The third-order valence-corrected chi connectivity index (χ3v) is 23.0. The molecule has 3 saturated carbocycles. The van der Waals surface area contributed by atoms with E-state index in [1.165, 1.54) is 130 Å². The topological polar surface area (TPSA) is 165 Å². The summed E-state index contributed by atoms with van der Waals surface area (Å²) in [5.74, 6) is 0. The Kier molecular flexibility index (Phi) is 91.3. The molecule has 0 aromatic carbocycles. The van der Waals surface area contributed by atoms with Crippen LogP contribution in [-0.4, -0.2) is 93.7 Å². The van der Waals surface area contributed by atoms with E-state index in [0.29, 0.717) is 11.3 Å². The van der Waals surface area contributed by atoms with Gasteiger partial charge in [-0.1, -0.05) is 236 Å². The van der Waals surface area contributed by atoms with Crippen molar-refractivity contribution in [2.24, 2.45) is 21.1 Å². The predicted octanol–water partition coefficient (Wildman–Crippen LogP) is 22.1. The number of aryl methyl sites for hydroxylation is 3. The van der Waals surface area contributed by atoms with E-state index in [1.807, 2.05) is 0 Å². The Labute approximate surface area is 601 Å². The first-order valence-corrected chi connectivity index (χ1v) is 36.0. The molecule has 0 atom stereocenters. The summed E-state index contributed by atoms with van der Waals surface area (Å²) < 4.78 is 6.76. The minimum atomic E-state index is -0.573. The fraction of sp³-hybridized carbons (Fsp3) is 0.764. The molecule has 17 heteroatoms. The van der Waals surface area contributed by atoms with Crippen molar-refractivity contribution in [2.45, 2.75) is 341 Å². The van der Waals surface area contributed by atoms with Gasteiger partial charge in [0.05, 0.1) is 55.6 Å². The minimum absolute atomic E-state index is 0. The zero-order chi connectivity index (χ0) is 64.3. The Morgan fingerprint density at radius 2 is 0.539 bits per heavy atom. The molecule has 3 aromatic rings. The zero-order valence-electron chi connectivity index (χ0n) is 62.6. The largest absolute Gasteiger partial charge is 4.00 e. The second kappa shape index (κ2) is 68.5. The summed E-state index contributed by atoms with van der Waals surface area (Å²) in [6.45, 7) is 55.8. The molecule has 11 nitrogen and oxygen atoms in total. The maximum Gasteiger partial charge on any atom is 4.00 e. The summed E-state index contributed by atoms with van der Waals surface area (Å²) in [7, 11) is 5.11. The molecule has 0 N–H and O–H groups in total. The molecule has 530 valence electrons. The van der Waals surface area contributed by atoms with Crippen LogP contribution in [0.5, 0.6) is 0 Å². The van der Waals surface area contributed by atoms with Crippen LogP contribution in [0, 0.1) is 22.3 Å². The number of hydrogen-bond acceptors (Lipinski definition) is 3. The Hall–Kier alpha value is -0.860. The van der Waals surface area contributed by atoms with Crippen molar-refractivity contribution in [3.63, 3.8) is 0 Å². The average molecular weight is 1570 g/mol. The molecule has 6 rings (SSSR count). The Balaban J connectivity index is -0.0000000693. The quantitative estimate of drug-likeness (QED) is 0.0902. The third-order valence-electron chi connectivity index (χ3n) is 13.0. The van der Waals surface area contributed by atoms with E-state index >= 15 is 0 Å². The Bertz CT molecular complexity index is 1710. The molecule has 3 aromatic heterocycles. The molecule has 0 saturated heterocycles. The van der Waals surface area contributed by atoms with Crippen LogP contribution in [0.4, 0.5) is 0 Å². The van der Waals surface area contributed by atoms with Crippen LogP contribution in [0.15, 0.2) is 18.6 Å². The standard InChI is InChI=1S/3C14H27N2P.3C5H10.5C2H4N.2CH4.3CH3.3Ru/c3*1-10(2)17(11(3)4)13-15-12(9-16(13)8)14(5,6)7;3*1-2-4-5-3-1;5*1-2-3;;;;;;;;/h3*9-11H,1-8H3;3*1-5H2;5*2H,1H3;2*1H4;3*1H3;;;/q;;;;;;5*-1;;;3*-1;2*+2;+4/p+2. The molecule has 0 amide bonds. The van der Waals surface area contributed by atoms with E-state index in [2.05, 4.69) is 199 Å². The second-order valence-electron chi connectivity index (χ2n) is 26.1. The minimum Gasteiger partial charge on any atom is -0.814 e. The van der Waals surface area contributed by atoms with Gasteiger partial charge in [-0.2, -0.15) is 0 Å². The van der Waals surface area contributed by atoms with Crippen molar-refractivity contribution >= 4 is 71.5 Å². The van der Waals surface area contributed by atoms with Crippen LogP contribution >= 0.6 is 23.8 Å². The fourth-order valence-electron chi connectivity index (χ4n) is 9.33. The molecular formula is C72H150N11P3Ru3+2. The van der Waals surface area contributed by atoms with Gasteiger partial charge in [-0.3, -0.25) is 0 Å². The van der Waals surface area contributed by atoms with E-state index in [-0.39, 0.29) is 120 Å². The monoisotopic (exact) mass is 1570 g/mol. The van der Waals surface area contributed by atoms with Crippen LogP contribution in [0.2, 0.25) is 0 Å². The number of aromatic nitrogens is 6. The molecule has 0 aliphatic heterocycles. The molecule has 3 heterocycles. The average Bonchev–Trinajstić information content (AvgIpc) is 4.19. The zero-order valence-corrected chi connectivity index (χ0v) is 70.7. The Morgan fingerprint density at radius 1 is 0.382 bits per heavy atom. The van der Waals surface area contributed by atoms with Gasteiger partial charge in [0.1, 0.15) is 5.57 Å². The second-order valence-corrected chi connectivity index (χ2v) is 36.7. The molecule has 0 radical (unpaired) electrons. The van der Waals surface area contributed by atoms with Gasteiger partial charge in [0.15, 0.2) is 0 Å². The molecule has 89 heavy (non-hydrogen) atoms. The first-order valence-electron chi connectivity index (χ1n) is 31.2. The van der Waals surface area contributed by atoms with Gasteiger partial charge in [0.25, 0.3) is 11.1 Å². The van der Waals surface area contributed by atoms with E-state index in [1.54, 1.807) is 34.6 Å². The number of hydrogen-bond donors (Lipinski definition) is 0. The van der Waals surface area contributed by atoms with Gasteiger partial charge in [-0.25, -0.2) is 46.0 Å². The van der Waals surface area contributed by atoms with Crippen molar-refractivity contribution in [2.75, 3.05) is 0 Å². The van der Waals surface area contributed by atoms with Gasteiger partial charge in [0, 0.05) is 56.0 Å². The Morgan fingerprint density at radius 3 is 0.663 bits per heavy atom. The van der Waals surface area contributed by atoms with Crippen LogP contribution in [-0.2, 0) is 95.8 Å². The maximum absolute atomic E-state index is 7.44. The molecule has 3 fully saturated rings. The summed E-state index contributed by atoms with van der Waals surface area (Å²) in [5.41, 5.74) is 12.4. The van der Waals surface area contributed by atoms with Crippen LogP contribution in [0.3, 0.4) is 0 Å². The summed E-state index contributed by atoms with van der Waals surface area (Å²) in [4.78, 5) is 14.8. The van der Waals surface area contributed by atoms with Gasteiger partial charge in [-0.05, 0) is 74.6 Å². The first-order chi connectivity index (χ1) is 37.5. The van der Waals surface area contributed by atoms with Gasteiger partial charge < -0.3 is 63.0 Å². The van der Waals surface area contributed by atoms with Crippen LogP contribution in [0.25, 0.3) is 27.0 Å². The summed E-state index contributed by atoms with van der Waals surface area (Å²) in [6.07, 6.45) is 34.1. The summed E-state index contributed by atoms with van der Waals surface area (Å²) in [6, 6.07) is 0. The van der Waals surface area contributed by atoms with Gasteiger partial charge in [0.2, 0.25) is 0 Å². The smallest absolute Gasteiger partial charge is 0.814 e. The fourth-order valence-corrected chi connectivity index (χ4v) is 18.3. The summed E-state index contributed by atoms with van der Waals surface area (Å²) in [5, 5.41) is 37.2. The number of rotatable bonds is 9. The van der Waals surface area contributed by atoms with Crippen molar-refractivity contribution in [1.29, 1.82) is 0 Å². The van der Waals surface area contributed by atoms with Gasteiger partial charge >= 0.3 is 58.4 Å². The summed E-state index contributed by atoms with van der Waals surface area (Å²) >= 11 is 0. The molecule has 0 unspecified atom stereocenters. The van der Waals surface area contributed by atoms with Crippen molar-refractivity contribution in [3.05, 3.63) is 85.0 Å². The number of imidazole rings is 3. The molecule has 0 spiro atoms. The SMILES string of the molecule is C.C.C1CCCC1.C1CCCC1.C1CCCC1.CC(C)P(c1nc(C(C)(C)C)cn1C)C(C)C.CC(C)[PH+](c1nc(C(C)(C)C)cn1C)C(C)C.CC(C)[PH+](c1nc(C(C)(C)C)cn1C)C(C)C.CC=[N-].CC=[N-].CC=[N-].CC=[N-].CC=[N-].[CH3-].[CH3-].[CH3-].[Ru+2].[Ru+2].[Ru+4]. The van der Waals surface area contributed by atoms with Crippen molar-refractivity contribution < 1.29 is 58.4 Å². The molecule has 0 bridgehead atoms.